The molecule has 208 valence electrons. The summed E-state index contributed by atoms with van der Waals surface area (Å²) in [6, 6.07) is 19.7. The van der Waals surface area contributed by atoms with Crippen molar-refractivity contribution in [2.75, 3.05) is 0 Å². The van der Waals surface area contributed by atoms with Gasteiger partial charge in [-0.05, 0) is 95.9 Å². The van der Waals surface area contributed by atoms with Crippen LogP contribution in [0.4, 0.5) is 0 Å². The number of aliphatic hydroxyl groups is 1. The van der Waals surface area contributed by atoms with Gasteiger partial charge in [-0.3, -0.25) is 9.35 Å². The van der Waals surface area contributed by atoms with E-state index in [0.29, 0.717) is 29.7 Å². The molecule has 4 atom stereocenters. The zero-order valence-corrected chi connectivity index (χ0v) is 23.1. The summed E-state index contributed by atoms with van der Waals surface area (Å²) in [6.45, 7) is 0. The molecule has 0 aromatic heterocycles. The second-order valence-electron chi connectivity index (χ2n) is 12.0. The van der Waals surface area contributed by atoms with Crippen LogP contribution in [-0.4, -0.2) is 30.2 Å². The predicted octanol–water partition coefficient (Wildman–Crippen LogP) is 5.79. The molecular formula is C33H34O6S. The molecule has 0 heterocycles. The van der Waals surface area contributed by atoms with Crippen LogP contribution in [-0.2, 0) is 27.8 Å². The van der Waals surface area contributed by atoms with Crippen molar-refractivity contribution in [3.8, 4) is 5.75 Å². The average Bonchev–Trinajstić information content (AvgIpc) is 2.96. The highest BCUT2D eigenvalue weighted by molar-refractivity contribution is 7.85. The van der Waals surface area contributed by atoms with Crippen LogP contribution in [0.15, 0.2) is 65.6 Å². The molecule has 2 N–H and O–H groups in total. The molecule has 5 aliphatic rings. The third-order valence-electron chi connectivity index (χ3n) is 9.98. The maximum Gasteiger partial charge on any atom is 0.315 e. The Kier molecular flexibility index (Phi) is 6.37. The molecule has 0 saturated heterocycles. The van der Waals surface area contributed by atoms with Crippen molar-refractivity contribution in [3.05, 3.63) is 94.0 Å². The van der Waals surface area contributed by atoms with E-state index in [1.54, 1.807) is 0 Å². The molecule has 8 rings (SSSR count). The Balaban J connectivity index is 1.35. The lowest BCUT2D eigenvalue weighted by atomic mass is 9.50. The molecule has 2 bridgehead atoms. The third-order valence-corrected chi connectivity index (χ3v) is 10.9. The summed E-state index contributed by atoms with van der Waals surface area (Å²) in [5, 5.41) is 11.3. The topological polar surface area (TPSA) is 101 Å². The van der Waals surface area contributed by atoms with E-state index in [2.05, 4.69) is 36.4 Å². The van der Waals surface area contributed by atoms with E-state index in [9.17, 15) is 22.9 Å². The molecule has 5 aliphatic carbocycles. The highest BCUT2D eigenvalue weighted by Gasteiger charge is 2.56. The number of rotatable bonds is 4. The lowest BCUT2D eigenvalue weighted by Gasteiger charge is -2.53. The highest BCUT2D eigenvalue weighted by atomic mass is 32.2. The smallest absolute Gasteiger partial charge is 0.315 e. The number of hydrogen-bond acceptors (Lipinski definition) is 5. The first kappa shape index (κ1) is 25.9. The summed E-state index contributed by atoms with van der Waals surface area (Å²) >= 11 is 0. The Hall–Kier alpha value is -3.00. The van der Waals surface area contributed by atoms with Gasteiger partial charge in [0.05, 0.1) is 16.9 Å². The van der Waals surface area contributed by atoms with Crippen molar-refractivity contribution in [1.29, 1.82) is 0 Å². The molecule has 40 heavy (non-hydrogen) atoms. The monoisotopic (exact) mass is 558 g/mol. The average molecular weight is 559 g/mol. The summed E-state index contributed by atoms with van der Waals surface area (Å²) in [7, 11) is -4.38. The Bertz CT molecular complexity index is 1550. The second kappa shape index (κ2) is 9.82. The van der Waals surface area contributed by atoms with Crippen molar-refractivity contribution in [2.24, 2.45) is 17.8 Å². The van der Waals surface area contributed by atoms with E-state index in [0.717, 1.165) is 49.7 Å². The maximum atomic E-state index is 14.4. The van der Waals surface area contributed by atoms with Crippen molar-refractivity contribution in [3.63, 3.8) is 0 Å². The maximum absolute atomic E-state index is 14.4. The van der Waals surface area contributed by atoms with Gasteiger partial charge in [0.2, 0.25) is 0 Å². The summed E-state index contributed by atoms with van der Waals surface area (Å²) in [5.74, 6) is -0.734. The Labute approximate surface area is 235 Å². The standard InChI is InChI=1S/C33H34O6S/c34-26-16-8-7-15-25(26)31-29-21-11-3-5-13-23(21)30(24-14-6-4-12-22(24)29)32(31)33(35)39-27-17-18-28(40(36,37)38)20-10-2-1-9-19(20)27/h3-6,11-14,17-18,25-26,29-32,34H,1-2,7-10,15-16H2,(H,36,37,38). The zero-order chi connectivity index (χ0) is 27.6. The van der Waals surface area contributed by atoms with Gasteiger partial charge in [-0.25, -0.2) is 0 Å². The minimum Gasteiger partial charge on any atom is -0.426 e. The normalized spacial score (nSPS) is 28.8. The zero-order valence-electron chi connectivity index (χ0n) is 22.3. The Morgan fingerprint density at radius 3 is 1.93 bits per heavy atom. The van der Waals surface area contributed by atoms with E-state index >= 15 is 0 Å². The molecule has 7 heteroatoms. The molecular weight excluding hydrogens is 524 g/mol. The molecule has 0 radical (unpaired) electrons. The van der Waals surface area contributed by atoms with E-state index < -0.39 is 22.1 Å². The number of esters is 1. The van der Waals surface area contributed by atoms with Gasteiger partial charge >= 0.3 is 5.97 Å². The summed E-state index contributed by atoms with van der Waals surface area (Å²) in [5.41, 5.74) is 6.04. The summed E-state index contributed by atoms with van der Waals surface area (Å²) in [4.78, 5) is 14.3. The number of ether oxygens (including phenoxy) is 1. The fourth-order valence-corrected chi connectivity index (χ4v) is 9.21. The van der Waals surface area contributed by atoms with Crippen LogP contribution in [0.3, 0.4) is 0 Å². The van der Waals surface area contributed by atoms with Crippen molar-refractivity contribution in [2.45, 2.75) is 74.2 Å². The number of carbonyl (C=O) groups excluding carboxylic acids is 1. The number of aliphatic hydroxyl groups excluding tert-OH is 1. The van der Waals surface area contributed by atoms with Crippen molar-refractivity contribution >= 4 is 16.1 Å². The van der Waals surface area contributed by atoms with Gasteiger partial charge in [0.15, 0.2) is 0 Å². The van der Waals surface area contributed by atoms with Gasteiger partial charge in [-0.1, -0.05) is 61.4 Å². The van der Waals surface area contributed by atoms with E-state index in [4.69, 9.17) is 4.74 Å². The molecule has 3 aromatic rings. The van der Waals surface area contributed by atoms with Crippen LogP contribution in [0.1, 0.15) is 83.7 Å². The second-order valence-corrected chi connectivity index (χ2v) is 13.3. The van der Waals surface area contributed by atoms with Crippen molar-refractivity contribution in [1.82, 2.24) is 0 Å². The molecule has 1 saturated carbocycles. The fourth-order valence-electron chi connectivity index (χ4n) is 8.43. The molecule has 6 nitrogen and oxygen atoms in total. The van der Waals surface area contributed by atoms with E-state index in [1.807, 2.05) is 12.1 Å². The van der Waals surface area contributed by atoms with Gasteiger partial charge in [0.25, 0.3) is 10.1 Å². The molecule has 0 aliphatic heterocycles. The molecule has 1 fully saturated rings. The van der Waals surface area contributed by atoms with Gasteiger partial charge in [-0.15, -0.1) is 0 Å². The van der Waals surface area contributed by atoms with Crippen LogP contribution in [0, 0.1) is 17.8 Å². The van der Waals surface area contributed by atoms with E-state index in [1.165, 1.54) is 23.3 Å². The Morgan fingerprint density at radius 2 is 1.32 bits per heavy atom. The Morgan fingerprint density at radius 1 is 0.750 bits per heavy atom. The SMILES string of the molecule is O=C(Oc1ccc(S(=O)(=O)O)c2c1CCCC2)C1C2c3ccccc3C(c3ccccc32)C1C1CCCCC1O. The van der Waals surface area contributed by atoms with E-state index in [-0.39, 0.29) is 34.5 Å². The first-order valence-electron chi connectivity index (χ1n) is 14.5. The van der Waals surface area contributed by atoms with Gasteiger partial charge < -0.3 is 9.84 Å². The minimum absolute atomic E-state index is 0.0106. The summed E-state index contributed by atoms with van der Waals surface area (Å²) < 4.78 is 40.2. The molecule has 4 unspecified atom stereocenters. The molecule has 0 amide bonds. The molecule has 0 spiro atoms. The number of hydrogen-bond donors (Lipinski definition) is 2. The molecule has 3 aromatic carbocycles. The lowest BCUT2D eigenvalue weighted by Crippen LogP contribution is -2.50. The fraction of sp³-hybridized carbons (Fsp3) is 0.424. The minimum atomic E-state index is -4.38. The number of fused-ring (bicyclic) bond motifs is 2. The lowest BCUT2D eigenvalue weighted by molar-refractivity contribution is -0.145. The first-order chi connectivity index (χ1) is 19.3. The van der Waals surface area contributed by atoms with Crippen molar-refractivity contribution < 1.29 is 27.6 Å². The third kappa shape index (κ3) is 4.05. The largest absolute Gasteiger partial charge is 0.426 e. The quantitative estimate of drug-likeness (QED) is 0.239. The highest BCUT2D eigenvalue weighted by Crippen LogP contribution is 2.61. The van der Waals surface area contributed by atoms with Crippen LogP contribution in [0.5, 0.6) is 5.75 Å². The van der Waals surface area contributed by atoms with Gasteiger partial charge in [-0.2, -0.15) is 8.42 Å². The first-order valence-corrected chi connectivity index (χ1v) is 16.0. The van der Waals surface area contributed by atoms with Crippen LogP contribution in [0.2, 0.25) is 0 Å². The summed E-state index contributed by atoms with van der Waals surface area (Å²) in [6.07, 6.45) is 5.96. The van der Waals surface area contributed by atoms with Crippen LogP contribution < -0.4 is 4.74 Å². The van der Waals surface area contributed by atoms with Crippen LogP contribution in [0.25, 0.3) is 0 Å². The van der Waals surface area contributed by atoms with Crippen LogP contribution >= 0.6 is 0 Å². The van der Waals surface area contributed by atoms with Gasteiger partial charge in [0.1, 0.15) is 5.75 Å². The number of benzene rings is 3. The van der Waals surface area contributed by atoms with Gasteiger partial charge in [0, 0.05) is 11.8 Å². The number of carbonyl (C=O) groups is 1. The predicted molar refractivity (Wildman–Crippen MR) is 150 cm³/mol.